The van der Waals surface area contributed by atoms with Gasteiger partial charge in [-0.3, -0.25) is 0 Å². The molecule has 0 amide bonds. The van der Waals surface area contributed by atoms with Gasteiger partial charge in [0.05, 0.1) is 11.4 Å². The lowest BCUT2D eigenvalue weighted by atomic mass is 9.33. The molecule has 10 aromatic rings. The number of benzene rings is 10. The number of rotatable bonds is 7. The van der Waals surface area contributed by atoms with Gasteiger partial charge in [0.25, 0.3) is 6.71 Å². The van der Waals surface area contributed by atoms with Gasteiger partial charge in [-0.25, -0.2) is 0 Å². The number of hydrogen-bond acceptors (Lipinski definition) is 2. The summed E-state index contributed by atoms with van der Waals surface area (Å²) >= 11 is 14.6. The molecule has 0 spiro atoms. The van der Waals surface area contributed by atoms with Crippen molar-refractivity contribution < 1.29 is 0 Å². The summed E-state index contributed by atoms with van der Waals surface area (Å²) in [5.74, 6) is 0. The Morgan fingerprint density at radius 2 is 0.712 bits per heavy atom. The first-order valence-electron chi connectivity index (χ1n) is 25.3. The van der Waals surface area contributed by atoms with E-state index in [4.69, 9.17) is 23.2 Å². The van der Waals surface area contributed by atoms with Crippen molar-refractivity contribution in [2.75, 3.05) is 9.80 Å². The molecule has 0 bridgehead atoms. The first kappa shape index (κ1) is 46.5. The zero-order valence-electron chi connectivity index (χ0n) is 42.1. The van der Waals surface area contributed by atoms with Crippen molar-refractivity contribution in [1.82, 2.24) is 0 Å². The van der Waals surface area contributed by atoms with Gasteiger partial charge in [-0.2, -0.15) is 0 Å². The Bertz CT molecular complexity index is 3410. The van der Waals surface area contributed by atoms with Gasteiger partial charge in [-0.15, -0.1) is 0 Å². The first-order chi connectivity index (χ1) is 35.3. The number of fused-ring (bicyclic) bond motifs is 4. The van der Waals surface area contributed by atoms with Crippen LogP contribution in [0.25, 0.3) is 55.6 Å². The van der Waals surface area contributed by atoms with Crippen molar-refractivity contribution in [2.24, 2.45) is 0 Å². The van der Waals surface area contributed by atoms with Crippen LogP contribution in [0.5, 0.6) is 0 Å². The largest absolute Gasteiger partial charge is 0.310 e. The molecule has 0 radical (unpaired) electrons. The second kappa shape index (κ2) is 18.2. The zero-order chi connectivity index (χ0) is 50.2. The molecule has 0 aliphatic carbocycles. The average Bonchev–Trinajstić information content (AvgIpc) is 3.40. The summed E-state index contributed by atoms with van der Waals surface area (Å²) in [4.78, 5) is 5.09. The van der Waals surface area contributed by atoms with E-state index in [-0.39, 0.29) is 17.5 Å². The van der Waals surface area contributed by atoms with Crippen LogP contribution in [-0.2, 0) is 10.8 Å². The summed E-state index contributed by atoms with van der Waals surface area (Å²) in [7, 11) is 0. The molecule has 0 N–H and O–H groups in total. The summed E-state index contributed by atoms with van der Waals surface area (Å²) in [6.07, 6.45) is 0. The Morgan fingerprint density at radius 1 is 0.329 bits per heavy atom. The van der Waals surface area contributed by atoms with Gasteiger partial charge in [-0.1, -0.05) is 253 Å². The highest BCUT2D eigenvalue weighted by Gasteiger charge is 2.45. The molecule has 0 saturated heterocycles. The topological polar surface area (TPSA) is 6.48 Å². The summed E-state index contributed by atoms with van der Waals surface area (Å²) in [5, 5.41) is 1.35. The fraction of sp³-hybridized carbons (Fsp3) is 0.118. The highest BCUT2D eigenvalue weighted by molar-refractivity contribution is 7.00. The third kappa shape index (κ3) is 8.16. The van der Waals surface area contributed by atoms with Crippen molar-refractivity contribution in [3.05, 3.63) is 246 Å². The van der Waals surface area contributed by atoms with Crippen LogP contribution < -0.4 is 26.2 Å². The van der Waals surface area contributed by atoms with Gasteiger partial charge < -0.3 is 9.80 Å². The van der Waals surface area contributed by atoms with Crippen molar-refractivity contribution in [3.8, 4) is 55.6 Å². The van der Waals surface area contributed by atoms with Gasteiger partial charge in [0.2, 0.25) is 0 Å². The lowest BCUT2D eigenvalue weighted by Gasteiger charge is -2.46. The summed E-state index contributed by atoms with van der Waals surface area (Å²) in [5.41, 5.74) is 23.7. The minimum absolute atomic E-state index is 0.0445. The van der Waals surface area contributed by atoms with Crippen LogP contribution in [-0.4, -0.2) is 6.71 Å². The van der Waals surface area contributed by atoms with E-state index in [0.717, 1.165) is 84.2 Å². The second-order valence-electron chi connectivity index (χ2n) is 21.6. The molecule has 2 heterocycles. The Kier molecular flexibility index (Phi) is 11.6. The van der Waals surface area contributed by atoms with Gasteiger partial charge in [0.1, 0.15) is 0 Å². The van der Waals surface area contributed by atoms with Gasteiger partial charge >= 0.3 is 0 Å². The van der Waals surface area contributed by atoms with Crippen LogP contribution in [0.4, 0.5) is 34.1 Å². The molecule has 2 aliphatic heterocycles. The van der Waals surface area contributed by atoms with E-state index in [1.807, 2.05) is 0 Å². The van der Waals surface area contributed by atoms with Gasteiger partial charge in [0, 0.05) is 55.0 Å². The normalized spacial score (nSPS) is 12.8. The van der Waals surface area contributed by atoms with E-state index >= 15 is 0 Å². The number of para-hydroxylation sites is 2. The Labute approximate surface area is 441 Å². The predicted molar refractivity (Wildman–Crippen MR) is 315 cm³/mol. The molecule has 5 heteroatoms. The molecule has 0 fully saturated rings. The SMILES string of the molecule is CC(C)(C)c1ccc(-c2cc3c4c(c2)N(c2c(-c5ccccc5)cccc2-c2ccccc2)c2cc(Cl)ccc2B4c2ccc(Cl)cc2N3c2c(-c3ccccc3)cccc2-c2ccccc2)c(C(C)(C)C)c1. The van der Waals surface area contributed by atoms with Crippen LogP contribution in [0.15, 0.2) is 224 Å². The van der Waals surface area contributed by atoms with E-state index in [9.17, 15) is 0 Å². The maximum absolute atomic E-state index is 7.28. The second-order valence-corrected chi connectivity index (χ2v) is 22.4. The molecule has 2 nitrogen and oxygen atoms in total. The monoisotopic (exact) mass is 980 g/mol. The molecular weight excluding hydrogens is 926 g/mol. The summed E-state index contributed by atoms with van der Waals surface area (Å²) < 4.78 is 0. The highest BCUT2D eigenvalue weighted by atomic mass is 35.5. The van der Waals surface area contributed by atoms with Gasteiger partial charge in [-0.05, 0) is 108 Å². The van der Waals surface area contributed by atoms with Crippen LogP contribution in [0.1, 0.15) is 52.7 Å². The van der Waals surface area contributed by atoms with Crippen LogP contribution in [0.2, 0.25) is 10.0 Å². The van der Waals surface area contributed by atoms with Crippen molar-refractivity contribution >= 4 is 80.4 Å². The summed E-state index contributed by atoms with van der Waals surface area (Å²) in [6.45, 7) is 13.8. The third-order valence-electron chi connectivity index (χ3n) is 14.9. The maximum atomic E-state index is 7.28. The quantitative estimate of drug-likeness (QED) is 0.147. The van der Waals surface area contributed by atoms with Crippen molar-refractivity contribution in [3.63, 3.8) is 0 Å². The Morgan fingerprint density at radius 3 is 1.07 bits per heavy atom. The van der Waals surface area contributed by atoms with Crippen LogP contribution in [0.3, 0.4) is 0 Å². The van der Waals surface area contributed by atoms with Crippen LogP contribution >= 0.6 is 23.2 Å². The van der Waals surface area contributed by atoms with Gasteiger partial charge in [0.15, 0.2) is 0 Å². The van der Waals surface area contributed by atoms with Crippen molar-refractivity contribution in [1.29, 1.82) is 0 Å². The Hall–Kier alpha value is -7.56. The lowest BCUT2D eigenvalue weighted by molar-refractivity contribution is 0.570. The minimum atomic E-state index is -0.188. The third-order valence-corrected chi connectivity index (χ3v) is 15.3. The summed E-state index contributed by atoms with van der Waals surface area (Å²) in [6, 6.07) is 81.9. The average molecular weight is 982 g/mol. The number of hydrogen-bond donors (Lipinski definition) is 0. The molecular formula is C68H55BCl2N2. The maximum Gasteiger partial charge on any atom is 0.252 e. The smallest absolute Gasteiger partial charge is 0.252 e. The van der Waals surface area contributed by atoms with E-state index < -0.39 is 0 Å². The molecule has 0 aromatic heterocycles. The molecule has 0 saturated carbocycles. The predicted octanol–water partition coefficient (Wildman–Crippen LogP) is 18.0. The van der Waals surface area contributed by atoms with Crippen molar-refractivity contribution in [2.45, 2.75) is 52.4 Å². The molecule has 10 aromatic carbocycles. The van der Waals surface area contributed by atoms with E-state index in [1.54, 1.807) is 0 Å². The molecule has 12 rings (SSSR count). The zero-order valence-corrected chi connectivity index (χ0v) is 43.6. The van der Waals surface area contributed by atoms with E-state index in [2.05, 4.69) is 276 Å². The number of halogens is 2. The fourth-order valence-electron chi connectivity index (χ4n) is 11.4. The molecule has 0 atom stereocenters. The molecule has 73 heavy (non-hydrogen) atoms. The van der Waals surface area contributed by atoms with E-state index in [1.165, 1.54) is 33.1 Å². The number of nitrogens with zero attached hydrogens (tertiary/aromatic N) is 2. The Balaban J connectivity index is 1.28. The molecule has 2 aliphatic rings. The first-order valence-corrected chi connectivity index (χ1v) is 26.1. The fourth-order valence-corrected chi connectivity index (χ4v) is 11.8. The standard InChI is InChI=1S/C68H55BCl2N2/c1-67(2,3)49-33-36-52(57(41-49)68(4,5)6)48-39-62-64-63(40-48)73(66-55(46-25-15-9-16-26-46)31-20-32-56(66)47-27-17-10-18-28-47)61-43-51(71)35-38-59(61)69(64)58-37-34-50(70)42-60(58)72(62)65-53(44-21-11-7-12-22-44)29-19-30-54(65)45-23-13-8-14-24-45/h7-43H,1-6H3. The minimum Gasteiger partial charge on any atom is -0.310 e. The highest BCUT2D eigenvalue weighted by Crippen LogP contribution is 2.54. The van der Waals surface area contributed by atoms with Crippen LogP contribution in [0, 0.1) is 0 Å². The molecule has 0 unspecified atom stereocenters. The molecule has 354 valence electrons. The number of anilines is 6. The lowest BCUT2D eigenvalue weighted by Crippen LogP contribution is -2.61. The van der Waals surface area contributed by atoms with E-state index in [0.29, 0.717) is 10.0 Å².